The van der Waals surface area contributed by atoms with Gasteiger partial charge in [0.25, 0.3) is 0 Å². The number of hydrogen-bond acceptors (Lipinski definition) is 3. The summed E-state index contributed by atoms with van der Waals surface area (Å²) in [5.74, 6) is 1.17. The molecule has 1 fully saturated rings. The average Bonchev–Trinajstić information content (AvgIpc) is 2.45. The molecule has 0 spiro atoms. The highest BCUT2D eigenvalue weighted by Crippen LogP contribution is 2.11. The molecule has 0 aromatic heterocycles. The average molecular weight is 248 g/mol. The van der Waals surface area contributed by atoms with E-state index in [0.29, 0.717) is 13.2 Å². The van der Waals surface area contributed by atoms with Gasteiger partial charge < -0.3 is 15.4 Å². The van der Waals surface area contributed by atoms with E-state index in [1.165, 1.54) is 0 Å². The van der Waals surface area contributed by atoms with Crippen molar-refractivity contribution in [2.75, 3.05) is 26.2 Å². The van der Waals surface area contributed by atoms with Gasteiger partial charge >= 0.3 is 0 Å². The molecule has 2 rings (SSSR count). The van der Waals surface area contributed by atoms with E-state index in [9.17, 15) is 4.79 Å². The zero-order valence-corrected chi connectivity index (χ0v) is 10.5. The molecule has 1 amide bonds. The lowest BCUT2D eigenvalue weighted by Crippen LogP contribution is -2.39. The minimum atomic E-state index is 0.160. The Bertz CT molecular complexity index is 361. The quantitative estimate of drug-likeness (QED) is 0.769. The van der Waals surface area contributed by atoms with Gasteiger partial charge in [-0.3, -0.25) is 4.79 Å². The first-order valence-electron chi connectivity index (χ1n) is 6.52. The number of piperidine rings is 1. The molecule has 0 unspecified atom stereocenters. The summed E-state index contributed by atoms with van der Waals surface area (Å²) in [6.45, 7) is 2.97. The topological polar surface area (TPSA) is 50.4 Å². The summed E-state index contributed by atoms with van der Waals surface area (Å²) in [4.78, 5) is 11.8. The Hall–Kier alpha value is -1.55. The number of para-hydroxylation sites is 1. The number of ether oxygens (including phenoxy) is 1. The third kappa shape index (κ3) is 4.04. The van der Waals surface area contributed by atoms with Gasteiger partial charge in [-0.05, 0) is 38.1 Å². The van der Waals surface area contributed by atoms with Crippen molar-refractivity contribution in [2.45, 2.75) is 12.8 Å². The van der Waals surface area contributed by atoms with Gasteiger partial charge in [-0.25, -0.2) is 0 Å². The third-order valence-electron chi connectivity index (χ3n) is 3.12. The molecule has 0 radical (unpaired) electrons. The molecule has 2 N–H and O–H groups in total. The maximum Gasteiger partial charge on any atom is 0.223 e. The summed E-state index contributed by atoms with van der Waals surface area (Å²) in [5, 5.41) is 6.18. The van der Waals surface area contributed by atoms with Crippen LogP contribution in [0.2, 0.25) is 0 Å². The van der Waals surface area contributed by atoms with Crippen molar-refractivity contribution in [2.24, 2.45) is 5.92 Å². The van der Waals surface area contributed by atoms with Crippen molar-refractivity contribution in [3.05, 3.63) is 30.3 Å². The molecule has 18 heavy (non-hydrogen) atoms. The third-order valence-corrected chi connectivity index (χ3v) is 3.12. The largest absolute Gasteiger partial charge is 0.492 e. The van der Waals surface area contributed by atoms with E-state index in [0.717, 1.165) is 31.7 Å². The Morgan fingerprint density at radius 2 is 2.00 bits per heavy atom. The van der Waals surface area contributed by atoms with Crippen LogP contribution in [-0.4, -0.2) is 32.1 Å². The van der Waals surface area contributed by atoms with Crippen LogP contribution in [0, 0.1) is 5.92 Å². The first kappa shape index (κ1) is 12.9. The van der Waals surface area contributed by atoms with Gasteiger partial charge in [-0.2, -0.15) is 0 Å². The van der Waals surface area contributed by atoms with Gasteiger partial charge in [-0.1, -0.05) is 18.2 Å². The van der Waals surface area contributed by atoms with Crippen LogP contribution in [-0.2, 0) is 4.79 Å². The Balaban J connectivity index is 1.61. The molecule has 0 bridgehead atoms. The minimum Gasteiger partial charge on any atom is -0.492 e. The number of carbonyl (C=O) groups excluding carboxylic acids is 1. The molecule has 0 aliphatic carbocycles. The van der Waals surface area contributed by atoms with Crippen LogP contribution in [0.1, 0.15) is 12.8 Å². The van der Waals surface area contributed by atoms with Crippen LogP contribution in [0.4, 0.5) is 0 Å². The zero-order chi connectivity index (χ0) is 12.6. The second kappa shape index (κ2) is 7.01. The van der Waals surface area contributed by atoms with Crippen LogP contribution >= 0.6 is 0 Å². The summed E-state index contributed by atoms with van der Waals surface area (Å²) in [7, 11) is 0. The summed E-state index contributed by atoms with van der Waals surface area (Å²) in [6, 6.07) is 9.64. The van der Waals surface area contributed by atoms with Crippen molar-refractivity contribution < 1.29 is 9.53 Å². The number of rotatable bonds is 5. The summed E-state index contributed by atoms with van der Waals surface area (Å²) in [5.41, 5.74) is 0. The molecule has 0 saturated carbocycles. The van der Waals surface area contributed by atoms with Crippen molar-refractivity contribution in [3.8, 4) is 5.75 Å². The van der Waals surface area contributed by atoms with Gasteiger partial charge in [-0.15, -0.1) is 0 Å². The molecular weight excluding hydrogens is 228 g/mol. The summed E-state index contributed by atoms with van der Waals surface area (Å²) >= 11 is 0. The summed E-state index contributed by atoms with van der Waals surface area (Å²) < 4.78 is 5.52. The SMILES string of the molecule is O=C(NCCOc1ccccc1)C1CCNCC1. The second-order valence-electron chi connectivity index (χ2n) is 4.48. The van der Waals surface area contributed by atoms with E-state index in [2.05, 4.69) is 10.6 Å². The smallest absolute Gasteiger partial charge is 0.223 e. The van der Waals surface area contributed by atoms with Gasteiger partial charge in [0.05, 0.1) is 6.54 Å². The maximum atomic E-state index is 11.8. The molecule has 1 saturated heterocycles. The monoisotopic (exact) mass is 248 g/mol. The highest BCUT2D eigenvalue weighted by molar-refractivity contribution is 5.78. The van der Waals surface area contributed by atoms with E-state index in [1.807, 2.05) is 30.3 Å². The highest BCUT2D eigenvalue weighted by Gasteiger charge is 2.19. The van der Waals surface area contributed by atoms with Crippen LogP contribution < -0.4 is 15.4 Å². The van der Waals surface area contributed by atoms with Crippen molar-refractivity contribution in [1.29, 1.82) is 0 Å². The van der Waals surface area contributed by atoms with Crippen LogP contribution in [0.15, 0.2) is 30.3 Å². The number of carbonyl (C=O) groups is 1. The van der Waals surface area contributed by atoms with E-state index in [4.69, 9.17) is 4.74 Å². The predicted octanol–water partition coefficient (Wildman–Crippen LogP) is 1.18. The molecule has 1 heterocycles. The number of hydrogen-bond donors (Lipinski definition) is 2. The van der Waals surface area contributed by atoms with Crippen molar-refractivity contribution >= 4 is 5.91 Å². The zero-order valence-electron chi connectivity index (χ0n) is 10.5. The molecule has 1 aliphatic heterocycles. The first-order valence-corrected chi connectivity index (χ1v) is 6.52. The Morgan fingerprint density at radius 3 is 2.72 bits per heavy atom. The minimum absolute atomic E-state index is 0.160. The van der Waals surface area contributed by atoms with E-state index < -0.39 is 0 Å². The molecule has 4 heteroatoms. The molecule has 1 aliphatic rings. The fraction of sp³-hybridized carbons (Fsp3) is 0.500. The number of nitrogens with one attached hydrogen (secondary N) is 2. The lowest BCUT2D eigenvalue weighted by molar-refractivity contribution is -0.125. The predicted molar refractivity (Wildman–Crippen MR) is 70.5 cm³/mol. The lowest BCUT2D eigenvalue weighted by Gasteiger charge is -2.21. The first-order chi connectivity index (χ1) is 8.86. The molecule has 1 aromatic rings. The fourth-order valence-corrected chi connectivity index (χ4v) is 2.09. The summed E-state index contributed by atoms with van der Waals surface area (Å²) in [6.07, 6.45) is 1.87. The fourth-order valence-electron chi connectivity index (χ4n) is 2.09. The molecule has 4 nitrogen and oxygen atoms in total. The Labute approximate surface area is 108 Å². The Morgan fingerprint density at radius 1 is 1.28 bits per heavy atom. The van der Waals surface area contributed by atoms with Gasteiger partial charge in [0.15, 0.2) is 0 Å². The van der Waals surface area contributed by atoms with Crippen LogP contribution in [0.3, 0.4) is 0 Å². The van der Waals surface area contributed by atoms with Crippen LogP contribution in [0.5, 0.6) is 5.75 Å². The maximum absolute atomic E-state index is 11.8. The van der Waals surface area contributed by atoms with Crippen molar-refractivity contribution in [1.82, 2.24) is 10.6 Å². The normalized spacial score (nSPS) is 16.2. The van der Waals surface area contributed by atoms with Gasteiger partial charge in [0.1, 0.15) is 12.4 Å². The molecule has 1 aromatic carbocycles. The standard InChI is InChI=1S/C14H20N2O2/c17-14(12-6-8-15-9-7-12)16-10-11-18-13-4-2-1-3-5-13/h1-5,12,15H,6-11H2,(H,16,17). The van der Waals surface area contributed by atoms with Gasteiger partial charge in [0, 0.05) is 5.92 Å². The highest BCUT2D eigenvalue weighted by atomic mass is 16.5. The molecular formula is C14H20N2O2. The van der Waals surface area contributed by atoms with Crippen LogP contribution in [0.25, 0.3) is 0 Å². The van der Waals surface area contributed by atoms with Crippen molar-refractivity contribution in [3.63, 3.8) is 0 Å². The second-order valence-corrected chi connectivity index (χ2v) is 4.48. The lowest BCUT2D eigenvalue weighted by atomic mass is 9.97. The number of amides is 1. The van der Waals surface area contributed by atoms with E-state index in [-0.39, 0.29) is 11.8 Å². The molecule has 0 atom stereocenters. The van der Waals surface area contributed by atoms with E-state index in [1.54, 1.807) is 0 Å². The Kier molecular flexibility index (Phi) is 5.02. The molecule has 98 valence electrons. The van der Waals surface area contributed by atoms with E-state index >= 15 is 0 Å². The number of benzene rings is 1. The van der Waals surface area contributed by atoms with Gasteiger partial charge in [0.2, 0.25) is 5.91 Å².